The summed E-state index contributed by atoms with van der Waals surface area (Å²) in [4.78, 5) is 16.0. The van der Waals surface area contributed by atoms with Crippen molar-refractivity contribution in [2.24, 2.45) is 0 Å². The summed E-state index contributed by atoms with van der Waals surface area (Å²) in [5.74, 6) is -0.0570. The number of amides is 1. The maximum absolute atomic E-state index is 11.9. The van der Waals surface area contributed by atoms with Crippen LogP contribution in [-0.2, 0) is 6.42 Å². The molecule has 0 spiro atoms. The van der Waals surface area contributed by atoms with Crippen LogP contribution < -0.4 is 5.32 Å². The van der Waals surface area contributed by atoms with Gasteiger partial charge in [0.1, 0.15) is 0 Å². The molecule has 1 aromatic rings. The number of rotatable bonds is 3. The van der Waals surface area contributed by atoms with Crippen molar-refractivity contribution in [2.75, 3.05) is 0 Å². The Morgan fingerprint density at radius 3 is 3.00 bits per heavy atom. The summed E-state index contributed by atoms with van der Waals surface area (Å²) < 4.78 is 0. The highest BCUT2D eigenvalue weighted by Gasteiger charge is 2.17. The molecule has 0 radical (unpaired) electrons. The quantitative estimate of drug-likeness (QED) is 0.859. The molecule has 0 bridgehead atoms. The summed E-state index contributed by atoms with van der Waals surface area (Å²) in [6, 6.07) is 5.72. The Morgan fingerprint density at radius 1 is 1.53 bits per heavy atom. The topological polar surface area (TPSA) is 65.8 Å². The first-order valence-electron chi connectivity index (χ1n) is 5.92. The van der Waals surface area contributed by atoms with Crippen molar-refractivity contribution in [1.82, 2.24) is 10.3 Å². The van der Waals surface area contributed by atoms with Crippen molar-refractivity contribution < 1.29 is 4.79 Å². The fourth-order valence-electron chi connectivity index (χ4n) is 2.14. The Labute approximate surface area is 101 Å². The molecule has 1 aliphatic carbocycles. The van der Waals surface area contributed by atoms with Gasteiger partial charge in [0.05, 0.1) is 18.2 Å². The van der Waals surface area contributed by atoms with E-state index in [-0.39, 0.29) is 12.3 Å². The van der Waals surface area contributed by atoms with Crippen molar-refractivity contribution in [3.05, 3.63) is 29.6 Å². The Hall–Kier alpha value is -1.89. The summed E-state index contributed by atoms with van der Waals surface area (Å²) in [5.41, 5.74) is 1.24. The van der Waals surface area contributed by atoms with Crippen LogP contribution in [0.2, 0.25) is 0 Å². The lowest BCUT2D eigenvalue weighted by Crippen LogP contribution is -2.32. The third-order valence-corrected chi connectivity index (χ3v) is 3.03. The smallest absolute Gasteiger partial charge is 0.251 e. The maximum atomic E-state index is 11.9. The van der Waals surface area contributed by atoms with E-state index in [0.717, 1.165) is 12.8 Å². The number of carbonyl (C=O) groups excluding carboxylic acids is 1. The fraction of sp³-hybridized carbons (Fsp3) is 0.462. The van der Waals surface area contributed by atoms with Crippen molar-refractivity contribution in [3.8, 4) is 6.07 Å². The summed E-state index contributed by atoms with van der Waals surface area (Å²) in [5, 5.41) is 11.6. The van der Waals surface area contributed by atoms with Gasteiger partial charge >= 0.3 is 0 Å². The Kier molecular flexibility index (Phi) is 3.71. The first-order chi connectivity index (χ1) is 8.29. The lowest BCUT2D eigenvalue weighted by Gasteiger charge is -2.11. The zero-order chi connectivity index (χ0) is 12.1. The van der Waals surface area contributed by atoms with Gasteiger partial charge in [-0.1, -0.05) is 12.8 Å². The number of hydrogen-bond donors (Lipinski definition) is 1. The minimum absolute atomic E-state index is 0.0570. The van der Waals surface area contributed by atoms with Crippen LogP contribution in [0.4, 0.5) is 0 Å². The third-order valence-electron chi connectivity index (χ3n) is 3.03. The summed E-state index contributed by atoms with van der Waals surface area (Å²) in [6.07, 6.45) is 6.35. The van der Waals surface area contributed by atoms with E-state index in [0.29, 0.717) is 17.3 Å². The molecule has 0 saturated heterocycles. The van der Waals surface area contributed by atoms with Gasteiger partial charge in [-0.3, -0.25) is 9.78 Å². The molecular formula is C13H15N3O. The van der Waals surface area contributed by atoms with E-state index in [2.05, 4.69) is 10.3 Å². The van der Waals surface area contributed by atoms with Gasteiger partial charge in [0.25, 0.3) is 5.91 Å². The molecule has 1 aromatic heterocycles. The number of aromatic nitrogens is 1. The summed E-state index contributed by atoms with van der Waals surface area (Å²) >= 11 is 0. The normalized spacial score (nSPS) is 15.5. The van der Waals surface area contributed by atoms with E-state index in [4.69, 9.17) is 5.26 Å². The van der Waals surface area contributed by atoms with E-state index in [1.54, 1.807) is 18.3 Å². The molecular weight excluding hydrogens is 214 g/mol. The SMILES string of the molecule is N#CCc1cc(C(=O)NC2CCCC2)ccn1. The molecule has 1 heterocycles. The molecule has 0 aromatic carbocycles. The van der Waals surface area contributed by atoms with Crippen LogP contribution >= 0.6 is 0 Å². The molecule has 0 atom stereocenters. The molecule has 17 heavy (non-hydrogen) atoms. The molecule has 0 aliphatic heterocycles. The van der Waals surface area contributed by atoms with Gasteiger partial charge in [-0.05, 0) is 25.0 Å². The zero-order valence-corrected chi connectivity index (χ0v) is 9.65. The average Bonchev–Trinajstić information content (AvgIpc) is 2.83. The zero-order valence-electron chi connectivity index (χ0n) is 9.65. The van der Waals surface area contributed by atoms with Gasteiger partial charge in [-0.15, -0.1) is 0 Å². The molecule has 1 aliphatic rings. The van der Waals surface area contributed by atoms with E-state index in [1.807, 2.05) is 6.07 Å². The standard InChI is InChI=1S/C13H15N3O/c14-7-5-12-9-10(6-8-15-12)13(17)16-11-3-1-2-4-11/h6,8-9,11H,1-5H2,(H,16,17). The van der Waals surface area contributed by atoms with Gasteiger partial charge in [0.15, 0.2) is 0 Å². The van der Waals surface area contributed by atoms with Crippen LogP contribution in [0.15, 0.2) is 18.3 Å². The minimum Gasteiger partial charge on any atom is -0.349 e. The first kappa shape index (κ1) is 11.6. The van der Waals surface area contributed by atoms with Gasteiger partial charge in [-0.2, -0.15) is 5.26 Å². The summed E-state index contributed by atoms with van der Waals surface area (Å²) in [6.45, 7) is 0. The molecule has 1 saturated carbocycles. The van der Waals surface area contributed by atoms with E-state index < -0.39 is 0 Å². The molecule has 2 rings (SSSR count). The van der Waals surface area contributed by atoms with Crippen molar-refractivity contribution in [3.63, 3.8) is 0 Å². The molecule has 4 nitrogen and oxygen atoms in total. The van der Waals surface area contributed by atoms with E-state index >= 15 is 0 Å². The summed E-state index contributed by atoms with van der Waals surface area (Å²) in [7, 11) is 0. The molecule has 1 fully saturated rings. The predicted octanol–water partition coefficient (Wildman–Crippen LogP) is 1.82. The number of carbonyl (C=O) groups is 1. The van der Waals surface area contributed by atoms with Gasteiger partial charge in [0.2, 0.25) is 0 Å². The van der Waals surface area contributed by atoms with Gasteiger partial charge in [0, 0.05) is 17.8 Å². The van der Waals surface area contributed by atoms with Crippen LogP contribution in [0, 0.1) is 11.3 Å². The predicted molar refractivity (Wildman–Crippen MR) is 63.3 cm³/mol. The molecule has 0 unspecified atom stereocenters. The largest absolute Gasteiger partial charge is 0.349 e. The average molecular weight is 229 g/mol. The highest BCUT2D eigenvalue weighted by Crippen LogP contribution is 2.18. The minimum atomic E-state index is -0.0570. The Bertz CT molecular complexity index is 444. The number of nitrogens with zero attached hydrogens (tertiary/aromatic N) is 2. The number of nitrogens with one attached hydrogen (secondary N) is 1. The lowest BCUT2D eigenvalue weighted by molar-refractivity contribution is 0.0937. The first-order valence-corrected chi connectivity index (χ1v) is 5.92. The van der Waals surface area contributed by atoms with Gasteiger partial charge < -0.3 is 5.32 Å². The number of hydrogen-bond acceptors (Lipinski definition) is 3. The highest BCUT2D eigenvalue weighted by molar-refractivity contribution is 5.94. The third kappa shape index (κ3) is 3.04. The number of nitriles is 1. The van der Waals surface area contributed by atoms with Crippen LogP contribution in [0.5, 0.6) is 0 Å². The molecule has 4 heteroatoms. The second kappa shape index (κ2) is 5.44. The van der Waals surface area contributed by atoms with Crippen LogP contribution in [0.3, 0.4) is 0 Å². The highest BCUT2D eigenvalue weighted by atomic mass is 16.1. The second-order valence-corrected chi connectivity index (χ2v) is 4.33. The maximum Gasteiger partial charge on any atom is 0.251 e. The van der Waals surface area contributed by atoms with E-state index in [1.165, 1.54) is 12.8 Å². The lowest BCUT2D eigenvalue weighted by atomic mass is 10.1. The number of pyridine rings is 1. The second-order valence-electron chi connectivity index (χ2n) is 4.33. The van der Waals surface area contributed by atoms with Crippen molar-refractivity contribution in [2.45, 2.75) is 38.1 Å². The van der Waals surface area contributed by atoms with Crippen LogP contribution in [-0.4, -0.2) is 16.9 Å². The monoisotopic (exact) mass is 229 g/mol. The molecule has 1 N–H and O–H groups in total. The Morgan fingerprint density at radius 2 is 2.29 bits per heavy atom. The van der Waals surface area contributed by atoms with Gasteiger partial charge in [-0.25, -0.2) is 0 Å². The van der Waals surface area contributed by atoms with E-state index in [9.17, 15) is 4.79 Å². The van der Waals surface area contributed by atoms with Crippen LogP contribution in [0.1, 0.15) is 41.7 Å². The van der Waals surface area contributed by atoms with Crippen LogP contribution in [0.25, 0.3) is 0 Å². The van der Waals surface area contributed by atoms with Crippen molar-refractivity contribution >= 4 is 5.91 Å². The fourth-order valence-corrected chi connectivity index (χ4v) is 2.14. The Balaban J connectivity index is 2.02. The molecule has 88 valence electrons. The van der Waals surface area contributed by atoms with Crippen molar-refractivity contribution in [1.29, 1.82) is 5.26 Å². The molecule has 1 amide bonds.